The molecule has 3 aromatic carbocycles. The first kappa shape index (κ1) is 30.4. The number of aromatic nitrogens is 3. The first-order valence-electron chi connectivity index (χ1n) is 14.3. The molecule has 1 aliphatic carbocycles. The average molecular weight is 635 g/mol. The number of aliphatic imine (C=N–C) groups is 1. The zero-order valence-corrected chi connectivity index (χ0v) is 25.4. The Kier molecular flexibility index (Phi) is 7.89. The van der Waals surface area contributed by atoms with E-state index in [1.165, 1.54) is 47.0 Å². The number of nitrogens with one attached hydrogen (secondary N) is 1. The van der Waals surface area contributed by atoms with Gasteiger partial charge in [-0.05, 0) is 72.7 Å². The standard InChI is InChI=1S/C32H29F3N6O3S/c1-19(2)25-13-4-20(3)16-26(25)41-27(42)17-45-30(41)37-29(43)38-31(14-15-31)22-7-5-21(6-8-22)28-36-18-40(39-28)23-9-11-24(12-10-23)44-32(33,34)35/h4-13,16,18-19H,14-15,17H2,1-3H3,(H,38,43). The van der Waals surface area contributed by atoms with E-state index in [2.05, 4.69) is 39.0 Å². The molecule has 1 saturated carbocycles. The second kappa shape index (κ2) is 11.7. The lowest BCUT2D eigenvalue weighted by Crippen LogP contribution is -2.35. The maximum Gasteiger partial charge on any atom is 0.573 e. The summed E-state index contributed by atoms with van der Waals surface area (Å²) in [7, 11) is 0. The molecule has 9 nitrogen and oxygen atoms in total. The van der Waals surface area contributed by atoms with E-state index in [4.69, 9.17) is 0 Å². The molecule has 1 N–H and O–H groups in total. The first-order valence-corrected chi connectivity index (χ1v) is 15.3. The number of aryl methyl sites for hydroxylation is 1. The number of halogens is 3. The van der Waals surface area contributed by atoms with Crippen molar-refractivity contribution in [2.45, 2.75) is 51.4 Å². The second-order valence-corrected chi connectivity index (χ2v) is 12.2. The van der Waals surface area contributed by atoms with E-state index in [-0.39, 0.29) is 23.3 Å². The van der Waals surface area contributed by atoms with Gasteiger partial charge in [0.1, 0.15) is 12.1 Å². The minimum atomic E-state index is -4.76. The number of carbonyl (C=O) groups excluding carboxylic acids is 2. The smallest absolute Gasteiger partial charge is 0.406 e. The number of anilines is 1. The van der Waals surface area contributed by atoms with E-state index in [0.717, 1.165) is 40.8 Å². The Morgan fingerprint density at radius 1 is 1.07 bits per heavy atom. The van der Waals surface area contributed by atoms with Crippen LogP contribution in [0, 0.1) is 6.92 Å². The fraction of sp³-hybridized carbons (Fsp3) is 0.281. The fourth-order valence-electron chi connectivity index (χ4n) is 5.21. The number of rotatable bonds is 7. The van der Waals surface area contributed by atoms with Crippen molar-refractivity contribution < 1.29 is 27.5 Å². The topological polar surface area (TPSA) is 102 Å². The normalized spacial score (nSPS) is 16.8. The molecule has 0 spiro atoms. The number of urea groups is 1. The predicted octanol–water partition coefficient (Wildman–Crippen LogP) is 7.10. The Morgan fingerprint density at radius 3 is 2.42 bits per heavy atom. The number of nitrogens with zero attached hydrogens (tertiary/aromatic N) is 5. The largest absolute Gasteiger partial charge is 0.573 e. The van der Waals surface area contributed by atoms with E-state index >= 15 is 0 Å². The summed E-state index contributed by atoms with van der Waals surface area (Å²) in [6, 6.07) is 18.3. The summed E-state index contributed by atoms with van der Waals surface area (Å²) in [6.07, 6.45) is -1.80. The molecule has 1 saturated heterocycles. The van der Waals surface area contributed by atoms with Crippen molar-refractivity contribution in [2.24, 2.45) is 4.99 Å². The van der Waals surface area contributed by atoms with Crippen LogP contribution in [0.4, 0.5) is 23.7 Å². The van der Waals surface area contributed by atoms with Crippen LogP contribution in [-0.4, -0.2) is 44.0 Å². The zero-order chi connectivity index (χ0) is 31.9. The molecule has 45 heavy (non-hydrogen) atoms. The number of thioether (sulfide) groups is 1. The van der Waals surface area contributed by atoms with Gasteiger partial charge in [-0.1, -0.05) is 62.0 Å². The Morgan fingerprint density at radius 2 is 1.78 bits per heavy atom. The number of hydrogen-bond acceptors (Lipinski definition) is 6. The summed E-state index contributed by atoms with van der Waals surface area (Å²) >= 11 is 1.25. The molecule has 1 aromatic heterocycles. The maximum absolute atomic E-state index is 13.2. The van der Waals surface area contributed by atoms with Crippen LogP contribution in [0.1, 0.15) is 49.3 Å². The van der Waals surface area contributed by atoms with Crippen molar-refractivity contribution in [3.05, 3.63) is 89.7 Å². The number of ether oxygens (including phenoxy) is 1. The van der Waals surface area contributed by atoms with E-state index < -0.39 is 17.9 Å². The summed E-state index contributed by atoms with van der Waals surface area (Å²) in [5.41, 5.74) is 4.38. The van der Waals surface area contributed by atoms with E-state index in [0.29, 0.717) is 16.7 Å². The molecule has 2 fully saturated rings. The fourth-order valence-corrected chi connectivity index (χ4v) is 6.06. The van der Waals surface area contributed by atoms with Gasteiger partial charge < -0.3 is 10.1 Å². The van der Waals surface area contributed by atoms with Crippen LogP contribution >= 0.6 is 11.8 Å². The summed E-state index contributed by atoms with van der Waals surface area (Å²) in [4.78, 5) is 36.3. The molecule has 2 aliphatic rings. The predicted molar refractivity (Wildman–Crippen MR) is 166 cm³/mol. The molecule has 3 amide bonds. The SMILES string of the molecule is Cc1ccc(C(C)C)c(N2C(=O)CSC2=NC(=O)NC2(c3ccc(-c4ncn(-c5ccc(OC(F)(F)F)cc5)n4)cc3)CC2)c1. The van der Waals surface area contributed by atoms with Gasteiger partial charge in [-0.25, -0.2) is 14.5 Å². The van der Waals surface area contributed by atoms with Crippen LogP contribution in [0.5, 0.6) is 5.75 Å². The van der Waals surface area contributed by atoms with Crippen LogP contribution < -0.4 is 15.0 Å². The third-order valence-corrected chi connectivity index (χ3v) is 8.55. The van der Waals surface area contributed by atoms with Gasteiger partial charge >= 0.3 is 12.4 Å². The van der Waals surface area contributed by atoms with Gasteiger partial charge in [0.2, 0.25) is 5.91 Å². The highest BCUT2D eigenvalue weighted by Crippen LogP contribution is 2.46. The van der Waals surface area contributed by atoms with Gasteiger partial charge in [0.25, 0.3) is 0 Å². The second-order valence-electron chi connectivity index (χ2n) is 11.3. The molecule has 2 heterocycles. The number of hydrogen-bond donors (Lipinski definition) is 1. The van der Waals surface area contributed by atoms with Crippen molar-refractivity contribution in [3.63, 3.8) is 0 Å². The molecule has 13 heteroatoms. The summed E-state index contributed by atoms with van der Waals surface area (Å²) in [5, 5.41) is 7.87. The van der Waals surface area contributed by atoms with Crippen LogP contribution in [0.3, 0.4) is 0 Å². The Balaban J connectivity index is 1.15. The Hall–Kier alpha value is -4.65. The van der Waals surface area contributed by atoms with Crippen molar-refractivity contribution in [1.82, 2.24) is 20.1 Å². The number of amides is 3. The van der Waals surface area contributed by atoms with E-state index in [1.54, 1.807) is 4.90 Å². The number of carbonyl (C=O) groups is 2. The van der Waals surface area contributed by atoms with Gasteiger partial charge in [-0.15, -0.1) is 18.3 Å². The third kappa shape index (κ3) is 6.58. The van der Waals surface area contributed by atoms with Gasteiger partial charge in [0.15, 0.2) is 11.0 Å². The highest BCUT2D eigenvalue weighted by molar-refractivity contribution is 8.15. The quantitative estimate of drug-likeness (QED) is 0.233. The maximum atomic E-state index is 13.2. The van der Waals surface area contributed by atoms with Crippen LogP contribution in [0.15, 0.2) is 78.0 Å². The van der Waals surface area contributed by atoms with E-state index in [1.807, 2.05) is 49.4 Å². The molecule has 4 aromatic rings. The van der Waals surface area contributed by atoms with Gasteiger partial charge in [0.05, 0.1) is 22.7 Å². The third-order valence-electron chi connectivity index (χ3n) is 7.63. The Bertz CT molecular complexity index is 1780. The summed E-state index contributed by atoms with van der Waals surface area (Å²) in [6.45, 7) is 6.09. The van der Waals surface area contributed by atoms with Crippen molar-refractivity contribution in [1.29, 1.82) is 0 Å². The lowest BCUT2D eigenvalue weighted by Gasteiger charge is -2.22. The molecule has 0 unspecified atom stereocenters. The molecular weight excluding hydrogens is 605 g/mol. The molecule has 0 atom stereocenters. The lowest BCUT2D eigenvalue weighted by atomic mass is 9.99. The first-order chi connectivity index (χ1) is 21.4. The molecule has 0 radical (unpaired) electrons. The number of alkyl halides is 3. The van der Waals surface area contributed by atoms with Crippen molar-refractivity contribution >= 4 is 34.6 Å². The van der Waals surface area contributed by atoms with Crippen LogP contribution in [0.2, 0.25) is 0 Å². The molecule has 1 aliphatic heterocycles. The van der Waals surface area contributed by atoms with Crippen LogP contribution in [-0.2, 0) is 10.3 Å². The van der Waals surface area contributed by atoms with Crippen LogP contribution in [0.25, 0.3) is 17.1 Å². The number of benzene rings is 3. The minimum absolute atomic E-state index is 0.112. The molecule has 232 valence electrons. The highest BCUT2D eigenvalue weighted by atomic mass is 32.2. The van der Waals surface area contributed by atoms with Gasteiger partial charge in [-0.2, -0.15) is 4.99 Å². The molecule has 6 rings (SSSR count). The monoisotopic (exact) mass is 634 g/mol. The summed E-state index contributed by atoms with van der Waals surface area (Å²) in [5.74, 6) is 0.390. The molecule has 0 bridgehead atoms. The minimum Gasteiger partial charge on any atom is -0.406 e. The van der Waals surface area contributed by atoms with Gasteiger partial charge in [-0.3, -0.25) is 9.69 Å². The van der Waals surface area contributed by atoms with Crippen molar-refractivity contribution in [2.75, 3.05) is 10.7 Å². The Labute approximate surface area is 261 Å². The van der Waals surface area contributed by atoms with Gasteiger partial charge in [0, 0.05) is 5.56 Å². The summed E-state index contributed by atoms with van der Waals surface area (Å²) < 4.78 is 42.7. The number of amidine groups is 1. The van der Waals surface area contributed by atoms with E-state index in [9.17, 15) is 22.8 Å². The molecular formula is C32H29F3N6O3S. The lowest BCUT2D eigenvalue weighted by molar-refractivity contribution is -0.274. The van der Waals surface area contributed by atoms with Crippen molar-refractivity contribution in [3.8, 4) is 22.8 Å². The highest BCUT2D eigenvalue weighted by Gasteiger charge is 2.46. The zero-order valence-electron chi connectivity index (χ0n) is 24.6. The average Bonchev–Trinajstić information content (AvgIpc) is 3.42.